The molecule has 1 aromatic rings. The molecule has 1 aliphatic carbocycles. The Labute approximate surface area is 127 Å². The maximum absolute atomic E-state index is 11.5. The number of hydrogen-bond acceptors (Lipinski definition) is 3. The zero-order valence-electron chi connectivity index (χ0n) is 12.8. The molecular weight excluding hydrogens is 262 g/mol. The molecule has 2 aliphatic rings. The van der Waals surface area contributed by atoms with Gasteiger partial charge < -0.3 is 10.1 Å². The van der Waals surface area contributed by atoms with E-state index in [9.17, 15) is 4.79 Å². The smallest absolute Gasteiger partial charge is 0.337 e. The molecule has 21 heavy (non-hydrogen) atoms. The zero-order valence-corrected chi connectivity index (χ0v) is 12.8. The summed E-state index contributed by atoms with van der Waals surface area (Å²) in [5.74, 6) is 1.56. The fourth-order valence-electron chi connectivity index (χ4n) is 4.03. The van der Waals surface area contributed by atoms with Crippen molar-refractivity contribution < 1.29 is 9.53 Å². The van der Waals surface area contributed by atoms with Crippen molar-refractivity contribution in [1.82, 2.24) is 5.32 Å². The van der Waals surface area contributed by atoms with Gasteiger partial charge in [-0.25, -0.2) is 4.79 Å². The third-order valence-corrected chi connectivity index (χ3v) is 5.24. The zero-order chi connectivity index (χ0) is 14.7. The normalized spacial score (nSPS) is 26.7. The minimum absolute atomic E-state index is 0.262. The lowest BCUT2D eigenvalue weighted by Crippen LogP contribution is -2.34. The number of benzene rings is 1. The van der Waals surface area contributed by atoms with Gasteiger partial charge >= 0.3 is 5.97 Å². The molecule has 0 radical (unpaired) electrons. The lowest BCUT2D eigenvalue weighted by atomic mass is 9.79. The van der Waals surface area contributed by atoms with Crippen LogP contribution in [0.15, 0.2) is 24.3 Å². The van der Waals surface area contributed by atoms with Crippen LogP contribution < -0.4 is 5.32 Å². The molecule has 1 heterocycles. The van der Waals surface area contributed by atoms with Crippen LogP contribution in [-0.4, -0.2) is 19.6 Å². The summed E-state index contributed by atoms with van der Waals surface area (Å²) < 4.78 is 4.75. The Balaban J connectivity index is 1.66. The third kappa shape index (κ3) is 3.29. The molecule has 3 heteroatoms. The molecule has 3 nitrogen and oxygen atoms in total. The topological polar surface area (TPSA) is 38.3 Å². The van der Waals surface area contributed by atoms with Crippen LogP contribution in [0.4, 0.5) is 0 Å². The largest absolute Gasteiger partial charge is 0.465 e. The van der Waals surface area contributed by atoms with Gasteiger partial charge in [0.05, 0.1) is 12.7 Å². The number of methoxy groups -OCH3 is 1. The predicted molar refractivity (Wildman–Crippen MR) is 83.2 cm³/mol. The van der Waals surface area contributed by atoms with E-state index in [4.69, 9.17) is 4.74 Å². The van der Waals surface area contributed by atoms with Crippen LogP contribution in [0.2, 0.25) is 0 Å². The van der Waals surface area contributed by atoms with Crippen molar-refractivity contribution >= 4 is 5.97 Å². The van der Waals surface area contributed by atoms with Crippen molar-refractivity contribution in [1.29, 1.82) is 0 Å². The second kappa shape index (κ2) is 6.61. The Morgan fingerprint density at radius 3 is 2.48 bits per heavy atom. The first kappa shape index (κ1) is 14.6. The first-order valence-corrected chi connectivity index (χ1v) is 8.19. The molecule has 1 aromatic carbocycles. The van der Waals surface area contributed by atoms with E-state index in [-0.39, 0.29) is 5.97 Å². The molecule has 1 aliphatic heterocycles. The molecule has 0 spiro atoms. The number of nitrogens with one attached hydrogen (secondary N) is 1. The fourth-order valence-corrected chi connectivity index (χ4v) is 4.03. The summed E-state index contributed by atoms with van der Waals surface area (Å²) in [4.78, 5) is 11.5. The molecule has 1 saturated carbocycles. The van der Waals surface area contributed by atoms with Crippen molar-refractivity contribution in [3.05, 3.63) is 35.4 Å². The summed E-state index contributed by atoms with van der Waals surface area (Å²) in [7, 11) is 1.42. The molecule has 1 N–H and O–H groups in total. The van der Waals surface area contributed by atoms with Crippen LogP contribution in [0.5, 0.6) is 0 Å². The molecule has 2 atom stereocenters. The van der Waals surface area contributed by atoms with Crippen LogP contribution >= 0.6 is 0 Å². The van der Waals surface area contributed by atoms with E-state index in [2.05, 4.69) is 17.4 Å². The maximum atomic E-state index is 11.5. The van der Waals surface area contributed by atoms with E-state index < -0.39 is 0 Å². The summed E-state index contributed by atoms with van der Waals surface area (Å²) in [6.07, 6.45) is 8.27. The number of ether oxygens (including phenoxy) is 1. The second-order valence-corrected chi connectivity index (χ2v) is 6.45. The van der Waals surface area contributed by atoms with Crippen LogP contribution in [0, 0.1) is 11.8 Å². The highest BCUT2D eigenvalue weighted by atomic mass is 16.5. The number of carbonyl (C=O) groups excluding carboxylic acids is 1. The van der Waals surface area contributed by atoms with Gasteiger partial charge in [0.1, 0.15) is 0 Å². The van der Waals surface area contributed by atoms with Crippen LogP contribution in [0.3, 0.4) is 0 Å². The van der Waals surface area contributed by atoms with E-state index in [0.29, 0.717) is 11.6 Å². The van der Waals surface area contributed by atoms with Crippen molar-refractivity contribution in [3.8, 4) is 0 Å². The van der Waals surface area contributed by atoms with Crippen molar-refractivity contribution in [2.75, 3.05) is 13.7 Å². The van der Waals surface area contributed by atoms with E-state index in [1.54, 1.807) is 0 Å². The molecule has 114 valence electrons. The first-order chi connectivity index (χ1) is 10.3. The molecular formula is C18H25NO2. The number of esters is 1. The standard InChI is InChI=1S/C18H25NO2/c1-21-18(20)15-8-6-14(7-9-15)17-12-16(10-11-19-17)13-4-2-3-5-13/h6-9,13,16-17,19H,2-5,10-12H2,1H3/t16?,17-/m0/s1. The van der Waals surface area contributed by atoms with Crippen LogP contribution in [0.1, 0.15) is 60.5 Å². The quantitative estimate of drug-likeness (QED) is 0.861. The molecule has 0 bridgehead atoms. The lowest BCUT2D eigenvalue weighted by Gasteiger charge is -2.34. The van der Waals surface area contributed by atoms with E-state index in [1.807, 2.05) is 12.1 Å². The SMILES string of the molecule is COC(=O)c1ccc([C@@H]2CC(C3CCCC3)CCN2)cc1. The fraction of sp³-hybridized carbons (Fsp3) is 0.611. The highest BCUT2D eigenvalue weighted by Gasteiger charge is 2.30. The van der Waals surface area contributed by atoms with Gasteiger partial charge in [0.15, 0.2) is 0 Å². The third-order valence-electron chi connectivity index (χ3n) is 5.24. The summed E-state index contributed by atoms with van der Waals surface area (Å²) in [6, 6.07) is 8.34. The van der Waals surface area contributed by atoms with E-state index in [0.717, 1.165) is 18.4 Å². The van der Waals surface area contributed by atoms with Gasteiger partial charge in [0.2, 0.25) is 0 Å². The van der Waals surface area contributed by atoms with Gasteiger partial charge in [-0.2, -0.15) is 0 Å². The van der Waals surface area contributed by atoms with Crippen LogP contribution in [-0.2, 0) is 4.74 Å². The summed E-state index contributed by atoms with van der Waals surface area (Å²) in [6.45, 7) is 1.12. The number of hydrogen-bond donors (Lipinski definition) is 1. The van der Waals surface area contributed by atoms with Gasteiger partial charge in [-0.15, -0.1) is 0 Å². The van der Waals surface area contributed by atoms with E-state index in [1.165, 1.54) is 51.2 Å². The number of rotatable bonds is 3. The summed E-state index contributed by atoms with van der Waals surface area (Å²) in [5, 5.41) is 3.64. The first-order valence-electron chi connectivity index (χ1n) is 8.19. The molecule has 1 saturated heterocycles. The lowest BCUT2D eigenvalue weighted by molar-refractivity contribution is 0.0600. The Morgan fingerprint density at radius 1 is 1.10 bits per heavy atom. The molecule has 3 rings (SSSR count). The summed E-state index contributed by atoms with van der Waals surface area (Å²) in [5.41, 5.74) is 1.93. The van der Waals surface area contributed by atoms with Gasteiger partial charge in [-0.05, 0) is 48.9 Å². The molecule has 1 unspecified atom stereocenters. The highest BCUT2D eigenvalue weighted by molar-refractivity contribution is 5.89. The van der Waals surface area contributed by atoms with Gasteiger partial charge in [-0.3, -0.25) is 0 Å². The Hall–Kier alpha value is -1.35. The monoisotopic (exact) mass is 287 g/mol. The Kier molecular flexibility index (Phi) is 4.59. The molecule has 0 aromatic heterocycles. The van der Waals surface area contributed by atoms with E-state index >= 15 is 0 Å². The Bertz CT molecular complexity index is 476. The summed E-state index contributed by atoms with van der Waals surface area (Å²) >= 11 is 0. The van der Waals surface area contributed by atoms with Gasteiger partial charge in [0.25, 0.3) is 0 Å². The van der Waals surface area contributed by atoms with Crippen molar-refractivity contribution in [2.45, 2.75) is 44.6 Å². The van der Waals surface area contributed by atoms with Crippen LogP contribution in [0.25, 0.3) is 0 Å². The van der Waals surface area contributed by atoms with Gasteiger partial charge in [0, 0.05) is 6.04 Å². The predicted octanol–water partition coefficient (Wildman–Crippen LogP) is 3.70. The number of carbonyl (C=O) groups is 1. The average Bonchev–Trinajstić information content (AvgIpc) is 3.09. The second-order valence-electron chi connectivity index (χ2n) is 6.45. The molecule has 0 amide bonds. The Morgan fingerprint density at radius 2 is 1.81 bits per heavy atom. The van der Waals surface area contributed by atoms with Gasteiger partial charge in [-0.1, -0.05) is 37.8 Å². The average molecular weight is 287 g/mol. The number of piperidine rings is 1. The minimum atomic E-state index is -0.262. The maximum Gasteiger partial charge on any atom is 0.337 e. The highest BCUT2D eigenvalue weighted by Crippen LogP contribution is 2.39. The minimum Gasteiger partial charge on any atom is -0.465 e. The van der Waals surface area contributed by atoms with Crippen molar-refractivity contribution in [2.24, 2.45) is 11.8 Å². The molecule has 2 fully saturated rings. The van der Waals surface area contributed by atoms with Crippen molar-refractivity contribution in [3.63, 3.8) is 0 Å².